The minimum atomic E-state index is -3.60. The molecule has 1 saturated heterocycles. The quantitative estimate of drug-likeness (QED) is 0.310. The molecular weight excluding hydrogens is 528 g/mol. The molecular formula is C27H27ClN4O3S2. The average Bonchev–Trinajstić information content (AvgIpc) is 3.37. The van der Waals surface area contributed by atoms with Crippen molar-refractivity contribution < 1.29 is 13.2 Å². The molecule has 0 saturated carbocycles. The maximum absolute atomic E-state index is 13.9. The van der Waals surface area contributed by atoms with Gasteiger partial charge in [0.1, 0.15) is 0 Å². The van der Waals surface area contributed by atoms with Crippen molar-refractivity contribution in [2.45, 2.75) is 38.1 Å². The monoisotopic (exact) mass is 554 g/mol. The van der Waals surface area contributed by atoms with Crippen LogP contribution in [0.2, 0.25) is 5.02 Å². The van der Waals surface area contributed by atoms with Crippen LogP contribution in [0.3, 0.4) is 0 Å². The number of aromatic nitrogens is 2. The second-order valence-corrected chi connectivity index (χ2v) is 12.6. The SMILES string of the molecule is Cc1ccc(S(=O)(=O)N2CCC(C(=O)N(Cc3ccccn3)c3nc4c(C)ccc(Cl)c4s3)CC2)cc1. The van der Waals surface area contributed by atoms with E-state index in [1.807, 2.05) is 44.2 Å². The second kappa shape index (κ2) is 10.5. The fourth-order valence-electron chi connectivity index (χ4n) is 4.52. The van der Waals surface area contributed by atoms with Crippen LogP contribution in [0.4, 0.5) is 5.13 Å². The third-order valence-electron chi connectivity index (χ3n) is 6.69. The fourth-order valence-corrected chi connectivity index (χ4v) is 7.31. The Hall–Kier alpha value is -2.85. The summed E-state index contributed by atoms with van der Waals surface area (Å²) in [6.45, 7) is 4.74. The van der Waals surface area contributed by atoms with E-state index in [2.05, 4.69) is 4.98 Å². The van der Waals surface area contributed by atoms with Crippen molar-refractivity contribution in [2.24, 2.45) is 5.92 Å². The van der Waals surface area contributed by atoms with Crippen molar-refractivity contribution in [3.63, 3.8) is 0 Å². The number of rotatable bonds is 6. The van der Waals surface area contributed by atoms with Crippen molar-refractivity contribution in [1.82, 2.24) is 14.3 Å². The summed E-state index contributed by atoms with van der Waals surface area (Å²) in [4.78, 5) is 25.0. The number of anilines is 1. The van der Waals surface area contributed by atoms with Crippen LogP contribution < -0.4 is 4.90 Å². The van der Waals surface area contributed by atoms with Gasteiger partial charge in [0.2, 0.25) is 15.9 Å². The Labute approximate surface area is 225 Å². The van der Waals surface area contributed by atoms with E-state index in [1.165, 1.54) is 15.6 Å². The van der Waals surface area contributed by atoms with Crippen LogP contribution in [0.1, 0.15) is 29.7 Å². The molecule has 4 aromatic rings. The molecule has 7 nitrogen and oxygen atoms in total. The smallest absolute Gasteiger partial charge is 0.243 e. The number of aryl methyl sites for hydroxylation is 2. The largest absolute Gasteiger partial charge is 0.282 e. The first-order valence-corrected chi connectivity index (χ1v) is 14.7. The molecule has 1 fully saturated rings. The van der Waals surface area contributed by atoms with Gasteiger partial charge >= 0.3 is 0 Å². The number of pyridine rings is 1. The third kappa shape index (κ3) is 5.27. The van der Waals surface area contributed by atoms with E-state index in [4.69, 9.17) is 16.6 Å². The zero-order valence-electron chi connectivity index (χ0n) is 20.6. The first kappa shape index (κ1) is 25.8. The van der Waals surface area contributed by atoms with Crippen molar-refractivity contribution in [2.75, 3.05) is 18.0 Å². The van der Waals surface area contributed by atoms with Gasteiger partial charge in [0, 0.05) is 25.2 Å². The van der Waals surface area contributed by atoms with Crippen LogP contribution in [0, 0.1) is 19.8 Å². The second-order valence-electron chi connectivity index (χ2n) is 9.28. The topological polar surface area (TPSA) is 83.5 Å². The van der Waals surface area contributed by atoms with Gasteiger partial charge in [-0.3, -0.25) is 14.7 Å². The minimum Gasteiger partial charge on any atom is -0.282 e. The van der Waals surface area contributed by atoms with E-state index in [0.717, 1.165) is 27.0 Å². The van der Waals surface area contributed by atoms with Crippen molar-refractivity contribution in [1.29, 1.82) is 0 Å². The molecule has 0 unspecified atom stereocenters. The lowest BCUT2D eigenvalue weighted by Crippen LogP contribution is -2.44. The lowest BCUT2D eigenvalue weighted by molar-refractivity contribution is -0.123. The molecule has 0 aliphatic carbocycles. The van der Waals surface area contributed by atoms with E-state index in [9.17, 15) is 13.2 Å². The lowest BCUT2D eigenvalue weighted by Gasteiger charge is -2.33. The zero-order valence-corrected chi connectivity index (χ0v) is 23.0. The zero-order chi connectivity index (χ0) is 26.2. The molecule has 10 heteroatoms. The van der Waals surface area contributed by atoms with Gasteiger partial charge in [-0.25, -0.2) is 13.4 Å². The summed E-state index contributed by atoms with van der Waals surface area (Å²) in [6.07, 6.45) is 2.58. The summed E-state index contributed by atoms with van der Waals surface area (Å²) < 4.78 is 28.6. The maximum Gasteiger partial charge on any atom is 0.243 e. The summed E-state index contributed by atoms with van der Waals surface area (Å²) >= 11 is 7.83. The number of piperidine rings is 1. The molecule has 0 radical (unpaired) electrons. The number of thiazole rings is 1. The number of halogens is 1. The van der Waals surface area contributed by atoms with Crippen LogP contribution in [0.15, 0.2) is 65.7 Å². The number of fused-ring (bicyclic) bond motifs is 1. The van der Waals surface area contributed by atoms with E-state index >= 15 is 0 Å². The fraction of sp³-hybridized carbons (Fsp3) is 0.296. The van der Waals surface area contributed by atoms with Crippen molar-refractivity contribution >= 4 is 54.2 Å². The highest BCUT2D eigenvalue weighted by Crippen LogP contribution is 2.37. The van der Waals surface area contributed by atoms with E-state index in [1.54, 1.807) is 35.4 Å². The molecule has 0 spiro atoms. The number of benzene rings is 2. The van der Waals surface area contributed by atoms with E-state index in [0.29, 0.717) is 23.0 Å². The highest BCUT2D eigenvalue weighted by atomic mass is 35.5. The normalized spacial score (nSPS) is 15.2. The molecule has 37 heavy (non-hydrogen) atoms. The predicted octanol–water partition coefficient (Wildman–Crippen LogP) is 5.60. The van der Waals surface area contributed by atoms with Gasteiger partial charge in [-0.2, -0.15) is 4.31 Å². The molecule has 2 aromatic heterocycles. The summed E-state index contributed by atoms with van der Waals surface area (Å²) in [5.74, 6) is -0.400. The Kier molecular flexibility index (Phi) is 7.31. The Balaban J connectivity index is 1.39. The number of hydrogen-bond acceptors (Lipinski definition) is 6. The van der Waals surface area contributed by atoms with Crippen LogP contribution in [-0.4, -0.2) is 41.7 Å². The molecule has 5 rings (SSSR count). The molecule has 1 aliphatic heterocycles. The summed E-state index contributed by atoms with van der Waals surface area (Å²) in [5.41, 5.74) is 3.52. The van der Waals surface area contributed by atoms with Crippen molar-refractivity contribution in [3.8, 4) is 0 Å². The molecule has 3 heterocycles. The van der Waals surface area contributed by atoms with Crippen molar-refractivity contribution in [3.05, 3.63) is 82.6 Å². The molecule has 1 aliphatic rings. The first-order valence-electron chi connectivity index (χ1n) is 12.1. The number of amides is 1. The number of carbonyl (C=O) groups is 1. The molecule has 1 amide bonds. The Morgan fingerprint density at radius 1 is 1.08 bits per heavy atom. The van der Waals surface area contributed by atoms with Crippen LogP contribution in [0.25, 0.3) is 10.2 Å². The first-order chi connectivity index (χ1) is 17.7. The van der Waals surface area contributed by atoms with Crippen LogP contribution in [-0.2, 0) is 21.4 Å². The Morgan fingerprint density at radius 3 is 2.46 bits per heavy atom. The molecule has 0 N–H and O–H groups in total. The lowest BCUT2D eigenvalue weighted by atomic mass is 9.96. The van der Waals surface area contributed by atoms with Gasteiger partial charge < -0.3 is 0 Å². The standard InChI is InChI=1S/C27H27ClN4O3S2/c1-18-6-9-22(10-7-18)37(34,35)31-15-12-20(13-16-31)26(33)32(17-21-5-3-4-14-29-21)27-30-24-19(2)8-11-23(28)25(24)36-27/h3-11,14,20H,12-13,15-17H2,1-2H3. The number of hydrogen-bond donors (Lipinski definition) is 0. The van der Waals surface area contributed by atoms with Gasteiger partial charge in [0.15, 0.2) is 5.13 Å². The van der Waals surface area contributed by atoms with Gasteiger partial charge in [-0.1, -0.05) is 52.8 Å². The number of sulfonamides is 1. The summed E-state index contributed by atoms with van der Waals surface area (Å²) in [6, 6.07) is 16.2. The molecule has 0 atom stereocenters. The number of carbonyl (C=O) groups excluding carboxylic acids is 1. The van der Waals surface area contributed by atoms with Gasteiger partial charge in [-0.05, 0) is 62.6 Å². The van der Waals surface area contributed by atoms with E-state index in [-0.39, 0.29) is 36.4 Å². The van der Waals surface area contributed by atoms with Gasteiger partial charge in [0.25, 0.3) is 0 Å². The summed E-state index contributed by atoms with van der Waals surface area (Å²) in [5, 5.41) is 1.17. The Bertz CT molecular complexity index is 1490. The highest BCUT2D eigenvalue weighted by molar-refractivity contribution is 7.89. The van der Waals surface area contributed by atoms with Crippen LogP contribution >= 0.6 is 22.9 Å². The Morgan fingerprint density at radius 2 is 1.81 bits per heavy atom. The van der Waals surface area contributed by atoms with Gasteiger partial charge in [0.05, 0.1) is 32.4 Å². The minimum absolute atomic E-state index is 0.0779. The van der Waals surface area contributed by atoms with Gasteiger partial charge in [-0.15, -0.1) is 0 Å². The highest BCUT2D eigenvalue weighted by Gasteiger charge is 2.35. The maximum atomic E-state index is 13.9. The van der Waals surface area contributed by atoms with E-state index < -0.39 is 10.0 Å². The number of nitrogens with zero attached hydrogens (tertiary/aromatic N) is 4. The molecule has 0 bridgehead atoms. The third-order valence-corrected chi connectivity index (χ3v) is 10.1. The van der Waals surface area contributed by atoms with Crippen LogP contribution in [0.5, 0.6) is 0 Å². The molecule has 2 aromatic carbocycles. The molecule has 192 valence electrons. The summed E-state index contributed by atoms with van der Waals surface area (Å²) in [7, 11) is -3.60. The predicted molar refractivity (Wildman–Crippen MR) is 147 cm³/mol. The average molecular weight is 555 g/mol.